The smallest absolute Gasteiger partial charge is 0.326 e. The van der Waals surface area contributed by atoms with Gasteiger partial charge in [0.1, 0.15) is 5.03 Å². The summed E-state index contributed by atoms with van der Waals surface area (Å²) in [7, 11) is 0. The molecule has 26 heavy (non-hydrogen) atoms. The summed E-state index contributed by atoms with van der Waals surface area (Å²) >= 11 is 1.52. The Morgan fingerprint density at radius 2 is 1.88 bits per heavy atom. The Balaban J connectivity index is 1.57. The normalized spacial score (nSPS) is 11.2. The van der Waals surface area contributed by atoms with Crippen LogP contribution in [-0.2, 0) is 5.41 Å². The average Bonchev–Trinajstić information content (AvgIpc) is 3.06. The summed E-state index contributed by atoms with van der Waals surface area (Å²) in [5.74, 6) is 0.297. The minimum atomic E-state index is -0.419. The summed E-state index contributed by atoms with van der Waals surface area (Å²) in [5.41, 5.74) is 1.20. The van der Waals surface area contributed by atoms with Crippen LogP contribution < -0.4 is 10.6 Å². The van der Waals surface area contributed by atoms with Crippen molar-refractivity contribution in [1.82, 2.24) is 15.1 Å². The molecule has 0 aliphatic rings. The third-order valence-electron chi connectivity index (χ3n) is 3.38. The van der Waals surface area contributed by atoms with Gasteiger partial charge in [-0.1, -0.05) is 37.7 Å². The topological polar surface area (TPSA) is 92.9 Å². The molecule has 0 radical (unpaired) electrons. The van der Waals surface area contributed by atoms with Crippen molar-refractivity contribution in [1.29, 1.82) is 0 Å². The van der Waals surface area contributed by atoms with Crippen molar-refractivity contribution in [2.45, 2.75) is 36.1 Å². The zero-order chi connectivity index (χ0) is 18.6. The van der Waals surface area contributed by atoms with Crippen molar-refractivity contribution in [2.75, 3.05) is 10.6 Å². The molecule has 3 rings (SSSR count). The lowest BCUT2D eigenvalue weighted by molar-refractivity contribution is 0.261. The summed E-state index contributed by atoms with van der Waals surface area (Å²) in [5, 5.41) is 10.1. The number of rotatable bonds is 4. The van der Waals surface area contributed by atoms with Crippen LogP contribution >= 0.6 is 11.8 Å². The minimum absolute atomic E-state index is 0.147. The molecule has 0 spiro atoms. The summed E-state index contributed by atoms with van der Waals surface area (Å²) in [6, 6.07) is 8.75. The number of urea groups is 1. The maximum absolute atomic E-state index is 12.1. The van der Waals surface area contributed by atoms with Crippen LogP contribution in [0.3, 0.4) is 0 Å². The maximum atomic E-state index is 12.1. The van der Waals surface area contributed by atoms with E-state index in [0.717, 1.165) is 15.6 Å². The Hall–Kier alpha value is -2.87. The van der Waals surface area contributed by atoms with E-state index in [1.54, 1.807) is 30.7 Å². The van der Waals surface area contributed by atoms with Gasteiger partial charge < -0.3 is 9.84 Å². The zero-order valence-electron chi connectivity index (χ0n) is 14.7. The van der Waals surface area contributed by atoms with Gasteiger partial charge in [-0.05, 0) is 24.3 Å². The largest absolute Gasteiger partial charge is 0.338 e. The number of pyridine rings is 2. The molecular weight excluding hydrogens is 350 g/mol. The van der Waals surface area contributed by atoms with E-state index in [1.165, 1.54) is 11.8 Å². The van der Waals surface area contributed by atoms with Crippen molar-refractivity contribution in [3.63, 3.8) is 0 Å². The van der Waals surface area contributed by atoms with Crippen LogP contribution in [0.2, 0.25) is 0 Å². The molecule has 3 aromatic rings. The fourth-order valence-electron chi connectivity index (χ4n) is 2.00. The molecular formula is C18H19N5O2S. The highest BCUT2D eigenvalue weighted by atomic mass is 32.2. The summed E-state index contributed by atoms with van der Waals surface area (Å²) in [6.45, 7) is 6.06. The molecule has 0 aliphatic heterocycles. The van der Waals surface area contributed by atoms with Crippen LogP contribution in [0.1, 0.15) is 26.5 Å². The number of carbonyl (C=O) groups excluding carboxylic acids is 1. The van der Waals surface area contributed by atoms with Gasteiger partial charge in [0.15, 0.2) is 0 Å². The van der Waals surface area contributed by atoms with Gasteiger partial charge in [-0.25, -0.2) is 9.78 Å². The number of carbonyl (C=O) groups is 1. The number of anilines is 2. The van der Waals surface area contributed by atoms with E-state index in [-0.39, 0.29) is 5.41 Å². The van der Waals surface area contributed by atoms with E-state index < -0.39 is 6.03 Å². The van der Waals surface area contributed by atoms with E-state index >= 15 is 0 Å². The number of aromatic nitrogens is 3. The second-order valence-electron chi connectivity index (χ2n) is 6.58. The minimum Gasteiger partial charge on any atom is -0.338 e. The summed E-state index contributed by atoms with van der Waals surface area (Å²) in [6.07, 6.45) is 5.07. The molecule has 0 saturated heterocycles. The Morgan fingerprint density at radius 3 is 2.50 bits per heavy atom. The van der Waals surface area contributed by atoms with E-state index in [0.29, 0.717) is 11.6 Å². The number of nitrogens with one attached hydrogen (secondary N) is 2. The van der Waals surface area contributed by atoms with Gasteiger partial charge in [0.2, 0.25) is 5.88 Å². The van der Waals surface area contributed by atoms with Crippen LogP contribution in [0, 0.1) is 0 Å². The third kappa shape index (κ3) is 4.82. The lowest BCUT2D eigenvalue weighted by Gasteiger charge is -2.12. The highest BCUT2D eigenvalue weighted by Gasteiger charge is 2.19. The molecule has 0 atom stereocenters. The van der Waals surface area contributed by atoms with Crippen molar-refractivity contribution >= 4 is 29.4 Å². The Morgan fingerprint density at radius 1 is 1.12 bits per heavy atom. The zero-order valence-corrected chi connectivity index (χ0v) is 15.5. The molecule has 0 fully saturated rings. The van der Waals surface area contributed by atoms with Crippen molar-refractivity contribution < 1.29 is 9.32 Å². The van der Waals surface area contributed by atoms with E-state index in [9.17, 15) is 4.79 Å². The molecule has 0 aromatic carbocycles. The number of hydrogen-bond donors (Lipinski definition) is 2. The van der Waals surface area contributed by atoms with Gasteiger partial charge in [0.05, 0.1) is 17.6 Å². The lowest BCUT2D eigenvalue weighted by Crippen LogP contribution is -2.19. The SMILES string of the molecule is CC(C)(C)c1cc(NC(=O)Nc2ccc(Sc3ccncc3)nc2)on1. The first-order chi connectivity index (χ1) is 12.4. The molecule has 0 unspecified atom stereocenters. The number of hydrogen-bond acceptors (Lipinski definition) is 6. The Labute approximate surface area is 155 Å². The van der Waals surface area contributed by atoms with Crippen molar-refractivity contribution in [2.24, 2.45) is 0 Å². The fraction of sp³-hybridized carbons (Fsp3) is 0.222. The number of amides is 2. The molecule has 0 aliphatic carbocycles. The van der Waals surface area contributed by atoms with Crippen molar-refractivity contribution in [3.8, 4) is 0 Å². The molecule has 0 bridgehead atoms. The molecule has 3 heterocycles. The van der Waals surface area contributed by atoms with Crippen LogP contribution in [0.5, 0.6) is 0 Å². The lowest BCUT2D eigenvalue weighted by atomic mass is 9.92. The quantitative estimate of drug-likeness (QED) is 0.700. The van der Waals surface area contributed by atoms with Gasteiger partial charge in [-0.15, -0.1) is 0 Å². The van der Waals surface area contributed by atoms with Crippen LogP contribution in [0.15, 0.2) is 63.4 Å². The Bertz CT molecular complexity index is 873. The first-order valence-corrected chi connectivity index (χ1v) is 8.81. The first kappa shape index (κ1) is 17.9. The molecule has 134 valence electrons. The maximum Gasteiger partial charge on any atom is 0.326 e. The standard InChI is InChI=1S/C18H19N5O2S/c1-18(2,3)14-10-15(25-23-14)22-17(24)21-12-4-5-16(20-11-12)26-13-6-8-19-9-7-13/h4-11H,1-3H3,(H2,21,22,24). The second-order valence-corrected chi connectivity index (χ2v) is 7.67. The van der Waals surface area contributed by atoms with Crippen LogP contribution in [-0.4, -0.2) is 21.2 Å². The Kier molecular flexibility index (Phi) is 5.22. The molecule has 8 heteroatoms. The monoisotopic (exact) mass is 369 g/mol. The van der Waals surface area contributed by atoms with E-state index in [4.69, 9.17) is 4.52 Å². The third-order valence-corrected chi connectivity index (χ3v) is 4.34. The number of nitrogens with zero attached hydrogens (tertiary/aromatic N) is 3. The van der Waals surface area contributed by atoms with E-state index in [2.05, 4.69) is 25.8 Å². The molecule has 2 N–H and O–H groups in total. The first-order valence-electron chi connectivity index (χ1n) is 7.99. The van der Waals surface area contributed by atoms with Gasteiger partial charge in [0.25, 0.3) is 0 Å². The predicted molar refractivity (Wildman–Crippen MR) is 100 cm³/mol. The molecule has 0 saturated carbocycles. The van der Waals surface area contributed by atoms with Gasteiger partial charge in [0, 0.05) is 28.8 Å². The van der Waals surface area contributed by atoms with Crippen molar-refractivity contribution in [3.05, 3.63) is 54.6 Å². The highest BCUT2D eigenvalue weighted by molar-refractivity contribution is 7.99. The van der Waals surface area contributed by atoms with Gasteiger partial charge in [-0.2, -0.15) is 0 Å². The fourth-order valence-corrected chi connectivity index (χ4v) is 2.74. The van der Waals surface area contributed by atoms with E-state index in [1.807, 2.05) is 39.0 Å². The van der Waals surface area contributed by atoms with Gasteiger partial charge >= 0.3 is 6.03 Å². The summed E-state index contributed by atoms with van der Waals surface area (Å²) < 4.78 is 5.14. The highest BCUT2D eigenvalue weighted by Crippen LogP contribution is 2.26. The van der Waals surface area contributed by atoms with Gasteiger partial charge in [-0.3, -0.25) is 10.3 Å². The average molecular weight is 369 g/mol. The molecule has 2 amide bonds. The van der Waals surface area contributed by atoms with Crippen LogP contribution in [0.25, 0.3) is 0 Å². The molecule has 7 nitrogen and oxygen atoms in total. The van der Waals surface area contributed by atoms with Crippen LogP contribution in [0.4, 0.5) is 16.4 Å². The molecule has 3 aromatic heterocycles. The predicted octanol–water partition coefficient (Wildman–Crippen LogP) is 4.56. The second kappa shape index (κ2) is 7.57. The summed E-state index contributed by atoms with van der Waals surface area (Å²) in [4.78, 5) is 21.4.